The van der Waals surface area contributed by atoms with Crippen LogP contribution < -0.4 is 5.73 Å². The maximum atomic E-state index is 10.6. The fourth-order valence-electron chi connectivity index (χ4n) is 3.65. The second-order valence-electron chi connectivity index (χ2n) is 6.96. The van der Waals surface area contributed by atoms with Gasteiger partial charge in [-0.1, -0.05) is 42.0 Å². The third-order valence-corrected chi connectivity index (χ3v) is 5.34. The highest BCUT2D eigenvalue weighted by atomic mass is 35.5. The van der Waals surface area contributed by atoms with Gasteiger partial charge >= 0.3 is 0 Å². The summed E-state index contributed by atoms with van der Waals surface area (Å²) in [5.41, 5.74) is 9.64. The quantitative estimate of drug-likeness (QED) is 0.755. The molecule has 3 N–H and O–H groups in total. The van der Waals surface area contributed by atoms with Gasteiger partial charge in [0.25, 0.3) is 0 Å². The Hall–Kier alpha value is -2.35. The second kappa shape index (κ2) is 6.75. The summed E-state index contributed by atoms with van der Waals surface area (Å²) in [5, 5.41) is 11.1. The van der Waals surface area contributed by atoms with Crippen molar-refractivity contribution in [1.29, 1.82) is 0 Å². The van der Waals surface area contributed by atoms with Gasteiger partial charge < -0.3 is 10.8 Å². The molecule has 4 rings (SSSR count). The fourth-order valence-corrected chi connectivity index (χ4v) is 3.84. The zero-order valence-electron chi connectivity index (χ0n) is 14.4. The maximum absolute atomic E-state index is 10.6. The Balaban J connectivity index is 1.67. The molecule has 0 bridgehead atoms. The molecule has 0 saturated heterocycles. The molecule has 1 aromatic carbocycles. The molecule has 2 aromatic rings. The number of nitrogens with zero attached hydrogens (tertiary/aromatic N) is 2. The van der Waals surface area contributed by atoms with Crippen LogP contribution in [0.3, 0.4) is 0 Å². The van der Waals surface area contributed by atoms with Crippen LogP contribution in [-0.4, -0.2) is 20.7 Å². The van der Waals surface area contributed by atoms with Crippen molar-refractivity contribution in [3.8, 4) is 11.8 Å². The Labute approximate surface area is 158 Å². The van der Waals surface area contributed by atoms with Gasteiger partial charge in [0.2, 0.25) is 5.95 Å². The van der Waals surface area contributed by atoms with Crippen molar-refractivity contribution in [3.05, 3.63) is 57.9 Å². The van der Waals surface area contributed by atoms with Crippen LogP contribution in [0.15, 0.2) is 30.5 Å². The van der Waals surface area contributed by atoms with Crippen LogP contribution in [0.2, 0.25) is 5.02 Å². The Kier molecular flexibility index (Phi) is 4.44. The van der Waals surface area contributed by atoms with Crippen LogP contribution >= 0.6 is 11.6 Å². The zero-order valence-corrected chi connectivity index (χ0v) is 15.2. The average molecular weight is 366 g/mol. The summed E-state index contributed by atoms with van der Waals surface area (Å²) in [7, 11) is 0. The molecule has 2 aliphatic carbocycles. The number of fused-ring (bicyclic) bond motifs is 1. The smallest absolute Gasteiger partial charge is 0.220 e. The molecule has 5 heteroatoms. The number of aromatic nitrogens is 2. The first kappa shape index (κ1) is 17.1. The minimum atomic E-state index is -0.847. The Morgan fingerprint density at radius 1 is 1.19 bits per heavy atom. The van der Waals surface area contributed by atoms with Crippen molar-refractivity contribution in [3.63, 3.8) is 0 Å². The van der Waals surface area contributed by atoms with Gasteiger partial charge in [-0.15, -0.1) is 0 Å². The van der Waals surface area contributed by atoms with Gasteiger partial charge in [-0.3, -0.25) is 0 Å². The monoisotopic (exact) mass is 365 g/mol. The lowest BCUT2D eigenvalue weighted by Crippen LogP contribution is -2.29. The Bertz CT molecular complexity index is 949. The standard InChI is InChI=1S/C21H20ClN3O/c22-18-13-24-20(23)25-19(18)16-7-6-15-5-4-14(12-17(15)16)8-11-21(26)9-2-1-3-10-21/h4-5,7,12-13,26H,1-3,6,9-10H2,(H2,23,24,25). The molecule has 1 heterocycles. The first-order chi connectivity index (χ1) is 12.5. The third kappa shape index (κ3) is 3.33. The van der Waals surface area contributed by atoms with Crippen LogP contribution in [0.5, 0.6) is 0 Å². The van der Waals surface area contributed by atoms with Crippen molar-refractivity contribution in [2.24, 2.45) is 0 Å². The number of hydrogen-bond acceptors (Lipinski definition) is 4. The van der Waals surface area contributed by atoms with E-state index in [-0.39, 0.29) is 5.95 Å². The van der Waals surface area contributed by atoms with E-state index < -0.39 is 5.60 Å². The summed E-state index contributed by atoms with van der Waals surface area (Å²) in [5.74, 6) is 6.46. The highest BCUT2D eigenvalue weighted by Crippen LogP contribution is 2.35. The fraction of sp³-hybridized carbons (Fsp3) is 0.333. The van der Waals surface area contributed by atoms with Crippen molar-refractivity contribution >= 4 is 23.1 Å². The van der Waals surface area contributed by atoms with E-state index in [1.54, 1.807) is 0 Å². The summed E-state index contributed by atoms with van der Waals surface area (Å²) in [6, 6.07) is 6.12. The molecule has 0 radical (unpaired) electrons. The number of nitrogens with two attached hydrogens (primary N) is 1. The molecule has 1 aromatic heterocycles. The van der Waals surface area contributed by atoms with Crippen LogP contribution in [-0.2, 0) is 6.42 Å². The number of allylic oxidation sites excluding steroid dienone is 1. The summed E-state index contributed by atoms with van der Waals surface area (Å²) in [6.07, 6.45) is 9.22. The van der Waals surface area contributed by atoms with Gasteiger partial charge in [-0.2, -0.15) is 0 Å². The van der Waals surface area contributed by atoms with Crippen LogP contribution in [0, 0.1) is 11.8 Å². The molecule has 26 heavy (non-hydrogen) atoms. The number of hydrogen-bond donors (Lipinski definition) is 2. The minimum absolute atomic E-state index is 0.203. The lowest BCUT2D eigenvalue weighted by molar-refractivity contribution is 0.0610. The highest BCUT2D eigenvalue weighted by molar-refractivity contribution is 6.32. The number of nitrogen functional groups attached to an aromatic ring is 1. The van der Waals surface area contributed by atoms with E-state index in [1.807, 2.05) is 12.1 Å². The minimum Gasteiger partial charge on any atom is -0.378 e. The molecule has 132 valence electrons. The van der Waals surface area contributed by atoms with Crippen molar-refractivity contribution in [1.82, 2.24) is 9.97 Å². The molecule has 0 atom stereocenters. The molecule has 2 aliphatic rings. The lowest BCUT2D eigenvalue weighted by Gasteiger charge is -2.26. The van der Waals surface area contributed by atoms with E-state index in [2.05, 4.69) is 34.0 Å². The van der Waals surface area contributed by atoms with E-state index in [1.165, 1.54) is 18.2 Å². The van der Waals surface area contributed by atoms with Gasteiger partial charge in [0.15, 0.2) is 0 Å². The molecule has 0 unspecified atom stereocenters. The normalized spacial score (nSPS) is 17.8. The first-order valence-corrected chi connectivity index (χ1v) is 9.29. The van der Waals surface area contributed by atoms with E-state index >= 15 is 0 Å². The van der Waals surface area contributed by atoms with Crippen LogP contribution in [0.1, 0.15) is 54.5 Å². The van der Waals surface area contributed by atoms with E-state index in [0.717, 1.165) is 48.8 Å². The molecular formula is C21H20ClN3O. The van der Waals surface area contributed by atoms with Gasteiger partial charge in [0, 0.05) is 11.1 Å². The molecular weight excluding hydrogens is 346 g/mol. The SMILES string of the molecule is Nc1ncc(Cl)c(C2=CCc3ccc(C#CC4(O)CCCCC4)cc32)n1. The number of anilines is 1. The number of aliphatic hydroxyl groups is 1. The molecule has 4 nitrogen and oxygen atoms in total. The van der Waals surface area contributed by atoms with E-state index in [0.29, 0.717) is 10.7 Å². The number of benzene rings is 1. The van der Waals surface area contributed by atoms with Crippen LogP contribution in [0.4, 0.5) is 5.95 Å². The second-order valence-corrected chi connectivity index (χ2v) is 7.37. The van der Waals surface area contributed by atoms with Gasteiger partial charge in [-0.05, 0) is 55.4 Å². The van der Waals surface area contributed by atoms with Crippen molar-refractivity contribution in [2.75, 3.05) is 5.73 Å². The van der Waals surface area contributed by atoms with Gasteiger partial charge in [0.05, 0.1) is 16.9 Å². The van der Waals surface area contributed by atoms with Crippen molar-refractivity contribution in [2.45, 2.75) is 44.1 Å². The largest absolute Gasteiger partial charge is 0.378 e. The average Bonchev–Trinajstić information content (AvgIpc) is 3.06. The predicted octanol–water partition coefficient (Wildman–Crippen LogP) is 3.75. The van der Waals surface area contributed by atoms with Crippen LogP contribution in [0.25, 0.3) is 5.57 Å². The van der Waals surface area contributed by atoms with E-state index in [9.17, 15) is 5.11 Å². The van der Waals surface area contributed by atoms with Gasteiger partial charge in [0.1, 0.15) is 5.60 Å². The summed E-state index contributed by atoms with van der Waals surface area (Å²) >= 11 is 6.28. The predicted molar refractivity (Wildman–Crippen MR) is 104 cm³/mol. The Morgan fingerprint density at radius 2 is 2.00 bits per heavy atom. The number of halogens is 1. The zero-order chi connectivity index (χ0) is 18.1. The summed E-state index contributed by atoms with van der Waals surface area (Å²) < 4.78 is 0. The first-order valence-electron chi connectivity index (χ1n) is 8.91. The lowest BCUT2D eigenvalue weighted by atomic mass is 9.85. The Morgan fingerprint density at radius 3 is 2.81 bits per heavy atom. The number of rotatable bonds is 1. The topological polar surface area (TPSA) is 72.0 Å². The molecule has 1 saturated carbocycles. The third-order valence-electron chi connectivity index (χ3n) is 5.06. The highest BCUT2D eigenvalue weighted by Gasteiger charge is 2.26. The molecule has 0 spiro atoms. The van der Waals surface area contributed by atoms with E-state index in [4.69, 9.17) is 17.3 Å². The summed E-state index contributed by atoms with van der Waals surface area (Å²) in [6.45, 7) is 0. The summed E-state index contributed by atoms with van der Waals surface area (Å²) in [4.78, 5) is 8.23. The maximum Gasteiger partial charge on any atom is 0.220 e. The van der Waals surface area contributed by atoms with Gasteiger partial charge in [-0.25, -0.2) is 9.97 Å². The molecule has 0 aliphatic heterocycles. The molecule has 1 fully saturated rings. The molecule has 0 amide bonds. The van der Waals surface area contributed by atoms with Crippen molar-refractivity contribution < 1.29 is 5.11 Å².